The Morgan fingerprint density at radius 3 is 3.20 bits per heavy atom. The van der Waals surface area contributed by atoms with Crippen molar-refractivity contribution in [3.05, 3.63) is 12.5 Å². The summed E-state index contributed by atoms with van der Waals surface area (Å²) >= 11 is 1.16. The van der Waals surface area contributed by atoms with Gasteiger partial charge in [-0.25, -0.2) is 0 Å². The van der Waals surface area contributed by atoms with Crippen molar-refractivity contribution < 1.29 is 4.18 Å². The molecule has 1 heterocycles. The molecule has 0 saturated carbocycles. The second-order valence-corrected chi connectivity index (χ2v) is 1.12. The van der Waals surface area contributed by atoms with E-state index in [1.807, 2.05) is 0 Å². The molecule has 1 rings (SSSR count). The molecular weight excluding hydrogens is 86.1 g/mol. The molecule has 1 aliphatic rings. The van der Waals surface area contributed by atoms with Crippen molar-refractivity contribution >= 4 is 12.2 Å². The highest BCUT2D eigenvalue weighted by atomic mass is 32.2. The van der Waals surface area contributed by atoms with Gasteiger partial charge in [0.25, 0.3) is 0 Å². The van der Waals surface area contributed by atoms with Crippen molar-refractivity contribution in [3.63, 3.8) is 0 Å². The van der Waals surface area contributed by atoms with Crippen LogP contribution in [0.25, 0.3) is 0 Å². The maximum atomic E-state index is 4.44. The van der Waals surface area contributed by atoms with Crippen LogP contribution in [0.2, 0.25) is 0 Å². The molecule has 0 aromatic heterocycles. The van der Waals surface area contributed by atoms with Crippen LogP contribution in [-0.2, 0) is 4.18 Å². The van der Waals surface area contributed by atoms with Gasteiger partial charge in [0, 0.05) is 0 Å². The second kappa shape index (κ2) is 1.21. The van der Waals surface area contributed by atoms with Crippen LogP contribution in [0.5, 0.6) is 0 Å². The SMILES string of the molecule is [C]1=CNSO1. The van der Waals surface area contributed by atoms with E-state index in [0.717, 1.165) is 12.2 Å². The molecule has 0 aliphatic carbocycles. The molecule has 5 heavy (non-hydrogen) atoms. The monoisotopic (exact) mass is 88.0 g/mol. The Hall–Kier alpha value is -0.310. The van der Waals surface area contributed by atoms with Gasteiger partial charge >= 0.3 is 0 Å². The predicted molar refractivity (Wildman–Crippen MR) is 19.6 cm³/mol. The van der Waals surface area contributed by atoms with E-state index in [1.165, 1.54) is 0 Å². The molecule has 0 aromatic carbocycles. The predicted octanol–water partition coefficient (Wildman–Crippen LogP) is 0.444. The van der Waals surface area contributed by atoms with Gasteiger partial charge in [-0.05, 0) is 0 Å². The number of hydrogen-bond acceptors (Lipinski definition) is 3. The number of hydrogen-bond donors (Lipinski definition) is 1. The molecule has 0 bridgehead atoms. The summed E-state index contributed by atoms with van der Waals surface area (Å²) in [6.07, 6.45) is 4.05. The molecule has 0 fully saturated rings. The summed E-state index contributed by atoms with van der Waals surface area (Å²) in [6.45, 7) is 0. The first-order chi connectivity index (χ1) is 2.50. The standard InChI is InChI=1S/C2H2NOS/c1-2-4-5-3-1/h1,3H. The fourth-order valence-corrected chi connectivity index (χ4v) is 0.361. The van der Waals surface area contributed by atoms with Gasteiger partial charge < -0.3 is 4.18 Å². The van der Waals surface area contributed by atoms with Gasteiger partial charge in [-0.3, -0.25) is 4.72 Å². The molecule has 0 unspecified atom stereocenters. The van der Waals surface area contributed by atoms with Crippen LogP contribution in [0.1, 0.15) is 0 Å². The highest BCUT2D eigenvalue weighted by Crippen LogP contribution is 2.00. The fourth-order valence-electron chi connectivity index (χ4n) is 0.120. The summed E-state index contributed by atoms with van der Waals surface area (Å²) in [5.41, 5.74) is 0. The Morgan fingerprint density at radius 1 is 2.00 bits per heavy atom. The third kappa shape index (κ3) is 0.479. The maximum absolute atomic E-state index is 4.44. The Bertz CT molecular complexity index is 47.6. The molecule has 0 atom stereocenters. The first kappa shape index (κ1) is 2.90. The summed E-state index contributed by atoms with van der Waals surface area (Å²) in [5, 5.41) is 0. The minimum Gasteiger partial charge on any atom is -0.400 e. The lowest BCUT2D eigenvalue weighted by Crippen LogP contribution is -1.77. The lowest BCUT2D eigenvalue weighted by atomic mass is 11.0. The third-order valence-corrected chi connectivity index (χ3v) is 0.649. The van der Waals surface area contributed by atoms with Crippen LogP contribution in [0, 0.1) is 6.26 Å². The third-order valence-electron chi connectivity index (χ3n) is 0.256. The van der Waals surface area contributed by atoms with Gasteiger partial charge in [0.1, 0.15) is 0 Å². The normalized spacial score (nSPS) is 17.6. The van der Waals surface area contributed by atoms with Crippen LogP contribution < -0.4 is 4.72 Å². The summed E-state index contributed by atoms with van der Waals surface area (Å²) < 4.78 is 7.12. The average Bonchev–Trinajstić information content (AvgIpc) is 1.76. The van der Waals surface area contributed by atoms with Gasteiger partial charge in [0.05, 0.1) is 6.20 Å². The van der Waals surface area contributed by atoms with E-state index in [2.05, 4.69) is 15.2 Å². The van der Waals surface area contributed by atoms with E-state index in [-0.39, 0.29) is 0 Å². The van der Waals surface area contributed by atoms with Crippen molar-refractivity contribution in [1.82, 2.24) is 4.72 Å². The first-order valence-corrected chi connectivity index (χ1v) is 1.89. The molecule has 0 spiro atoms. The van der Waals surface area contributed by atoms with E-state index < -0.39 is 0 Å². The quantitative estimate of drug-likeness (QED) is 0.343. The Balaban J connectivity index is 2.32. The zero-order valence-electron chi connectivity index (χ0n) is 2.39. The second-order valence-electron chi connectivity index (χ2n) is 0.547. The van der Waals surface area contributed by atoms with Crippen molar-refractivity contribution in [1.29, 1.82) is 0 Å². The summed E-state index contributed by atoms with van der Waals surface area (Å²) in [7, 11) is 0. The number of rotatable bonds is 0. The minimum atomic E-state index is 1.16. The van der Waals surface area contributed by atoms with Crippen LogP contribution in [0.3, 0.4) is 0 Å². The Kier molecular flexibility index (Phi) is 0.705. The molecule has 2 nitrogen and oxygen atoms in total. The zero-order valence-corrected chi connectivity index (χ0v) is 3.21. The molecule has 1 radical (unpaired) electrons. The topological polar surface area (TPSA) is 21.3 Å². The fraction of sp³-hybridized carbons (Fsp3) is 0. The van der Waals surface area contributed by atoms with Gasteiger partial charge in [0.2, 0.25) is 6.26 Å². The van der Waals surface area contributed by atoms with Gasteiger partial charge in [0.15, 0.2) is 12.2 Å². The molecule has 0 amide bonds. The molecule has 3 heteroatoms. The lowest BCUT2D eigenvalue weighted by Gasteiger charge is -1.77. The number of nitrogens with one attached hydrogen (secondary N) is 1. The van der Waals surface area contributed by atoms with Crippen LogP contribution >= 0.6 is 12.2 Å². The Morgan fingerprint density at radius 2 is 3.00 bits per heavy atom. The first-order valence-electron chi connectivity index (χ1n) is 1.15. The van der Waals surface area contributed by atoms with Crippen molar-refractivity contribution in [3.8, 4) is 0 Å². The lowest BCUT2D eigenvalue weighted by molar-refractivity contribution is 0.546. The Labute approximate surface area is 34.5 Å². The van der Waals surface area contributed by atoms with E-state index in [4.69, 9.17) is 0 Å². The minimum absolute atomic E-state index is 1.16. The van der Waals surface area contributed by atoms with Gasteiger partial charge in [-0.1, -0.05) is 0 Å². The molecule has 0 saturated heterocycles. The zero-order chi connectivity index (χ0) is 3.54. The van der Waals surface area contributed by atoms with E-state index >= 15 is 0 Å². The molecule has 27 valence electrons. The summed E-state index contributed by atoms with van der Waals surface area (Å²) in [5.74, 6) is 0. The van der Waals surface area contributed by atoms with Crippen LogP contribution in [-0.4, -0.2) is 0 Å². The average molecular weight is 88.1 g/mol. The highest BCUT2D eigenvalue weighted by molar-refractivity contribution is 7.93. The van der Waals surface area contributed by atoms with Gasteiger partial charge in [-0.15, -0.1) is 0 Å². The molecule has 1 aliphatic heterocycles. The van der Waals surface area contributed by atoms with E-state index in [1.54, 1.807) is 6.20 Å². The molecular formula is C2H2NOS. The molecule has 1 N–H and O–H groups in total. The summed E-state index contributed by atoms with van der Waals surface area (Å²) in [6, 6.07) is 0. The van der Waals surface area contributed by atoms with Crippen LogP contribution in [0.15, 0.2) is 6.20 Å². The van der Waals surface area contributed by atoms with E-state index in [9.17, 15) is 0 Å². The smallest absolute Gasteiger partial charge is 0.201 e. The molecule has 0 aromatic rings. The summed E-state index contributed by atoms with van der Waals surface area (Å²) in [4.78, 5) is 0. The highest BCUT2D eigenvalue weighted by Gasteiger charge is 1.85. The van der Waals surface area contributed by atoms with E-state index in [0.29, 0.717) is 0 Å². The van der Waals surface area contributed by atoms with Crippen LogP contribution in [0.4, 0.5) is 0 Å². The van der Waals surface area contributed by atoms with Crippen molar-refractivity contribution in [2.75, 3.05) is 0 Å². The van der Waals surface area contributed by atoms with Crippen molar-refractivity contribution in [2.45, 2.75) is 0 Å². The van der Waals surface area contributed by atoms with Crippen molar-refractivity contribution in [2.24, 2.45) is 0 Å². The maximum Gasteiger partial charge on any atom is 0.201 e. The largest absolute Gasteiger partial charge is 0.400 e. The van der Waals surface area contributed by atoms with Gasteiger partial charge in [-0.2, -0.15) is 0 Å².